The Balaban J connectivity index is 1.47. The summed E-state index contributed by atoms with van der Waals surface area (Å²) < 4.78 is 23.2. The lowest BCUT2D eigenvalue weighted by atomic mass is 10.0. The van der Waals surface area contributed by atoms with Gasteiger partial charge >= 0.3 is 0 Å². The Bertz CT molecular complexity index is 773. The fraction of sp³-hybridized carbons (Fsp3) is 0.391. The summed E-state index contributed by atoms with van der Waals surface area (Å²) in [4.78, 5) is 0. The Morgan fingerprint density at radius 2 is 1.79 bits per heavy atom. The maximum absolute atomic E-state index is 9.23. The predicted molar refractivity (Wildman–Crippen MR) is 106 cm³/mol. The van der Waals surface area contributed by atoms with Gasteiger partial charge in [0.05, 0.1) is 32.0 Å². The summed E-state index contributed by atoms with van der Waals surface area (Å²) in [5, 5.41) is 9.23. The zero-order valence-corrected chi connectivity index (χ0v) is 15.9. The molecule has 2 aromatic carbocycles. The molecule has 28 heavy (non-hydrogen) atoms. The standard InChI is InChI=1S/C23H26O5/c1-25-18-11-8-17(9-12-18)23-26-19(10-7-16-5-3-2-4-6-16)13-20(27-23)14-21-22(15-24)28-21/h2-12,19-24H,13-15H2,1H3/b10-7+/t19-,20-,21-,22-,23-/m0/s1. The molecule has 0 aliphatic carbocycles. The Kier molecular flexibility index (Phi) is 6.07. The van der Waals surface area contributed by atoms with Crippen LogP contribution in [-0.4, -0.2) is 43.2 Å². The molecule has 5 heteroatoms. The summed E-state index contributed by atoms with van der Waals surface area (Å²) in [6.07, 6.45) is 5.23. The second-order valence-electron chi connectivity index (χ2n) is 7.17. The summed E-state index contributed by atoms with van der Waals surface area (Å²) >= 11 is 0. The third-order valence-electron chi connectivity index (χ3n) is 5.16. The lowest BCUT2D eigenvalue weighted by Gasteiger charge is -2.35. The Morgan fingerprint density at radius 3 is 2.46 bits per heavy atom. The first-order valence-electron chi connectivity index (χ1n) is 9.69. The zero-order chi connectivity index (χ0) is 19.3. The number of rotatable bonds is 7. The van der Waals surface area contributed by atoms with E-state index in [0.29, 0.717) is 0 Å². The zero-order valence-electron chi connectivity index (χ0n) is 15.9. The minimum absolute atomic E-state index is 0.00725. The molecule has 4 rings (SSSR count). The third-order valence-corrected chi connectivity index (χ3v) is 5.16. The van der Waals surface area contributed by atoms with Crippen molar-refractivity contribution in [2.45, 2.75) is 43.5 Å². The topological polar surface area (TPSA) is 60.5 Å². The van der Waals surface area contributed by atoms with E-state index >= 15 is 0 Å². The fourth-order valence-electron chi connectivity index (χ4n) is 3.52. The second-order valence-corrected chi connectivity index (χ2v) is 7.17. The third kappa shape index (κ3) is 4.80. The van der Waals surface area contributed by atoms with Crippen LogP contribution < -0.4 is 4.74 Å². The lowest BCUT2D eigenvalue weighted by Crippen LogP contribution is -2.34. The van der Waals surface area contributed by atoms with Crippen LogP contribution in [0.5, 0.6) is 5.75 Å². The number of ether oxygens (including phenoxy) is 4. The molecule has 0 saturated carbocycles. The number of hydrogen-bond acceptors (Lipinski definition) is 5. The number of aliphatic hydroxyl groups excluding tert-OH is 1. The Morgan fingerprint density at radius 1 is 1.00 bits per heavy atom. The predicted octanol–water partition coefficient (Wildman–Crippen LogP) is 3.73. The van der Waals surface area contributed by atoms with Crippen LogP contribution >= 0.6 is 0 Å². The van der Waals surface area contributed by atoms with Crippen LogP contribution in [0.2, 0.25) is 0 Å². The van der Waals surface area contributed by atoms with Crippen molar-refractivity contribution < 1.29 is 24.1 Å². The molecule has 2 aliphatic heterocycles. The molecule has 0 unspecified atom stereocenters. The molecular weight excluding hydrogens is 356 g/mol. The van der Waals surface area contributed by atoms with Crippen molar-refractivity contribution in [2.24, 2.45) is 0 Å². The van der Waals surface area contributed by atoms with E-state index in [0.717, 1.165) is 29.7 Å². The monoisotopic (exact) mass is 382 g/mol. The van der Waals surface area contributed by atoms with E-state index in [-0.39, 0.29) is 31.0 Å². The average molecular weight is 382 g/mol. The van der Waals surface area contributed by atoms with Crippen LogP contribution in [0, 0.1) is 0 Å². The van der Waals surface area contributed by atoms with E-state index < -0.39 is 6.29 Å². The van der Waals surface area contributed by atoms with Crippen LogP contribution in [0.4, 0.5) is 0 Å². The first-order valence-corrected chi connectivity index (χ1v) is 9.69. The molecule has 2 aliphatic rings. The van der Waals surface area contributed by atoms with E-state index in [1.165, 1.54) is 0 Å². The summed E-state index contributed by atoms with van der Waals surface area (Å²) in [5.41, 5.74) is 2.10. The van der Waals surface area contributed by atoms with E-state index in [9.17, 15) is 5.11 Å². The summed E-state index contributed by atoms with van der Waals surface area (Å²) in [6.45, 7) is 0.0626. The van der Waals surface area contributed by atoms with Crippen LogP contribution in [0.1, 0.15) is 30.3 Å². The number of hydrogen-bond donors (Lipinski definition) is 1. The smallest absolute Gasteiger partial charge is 0.184 e. The average Bonchev–Trinajstić information content (AvgIpc) is 3.51. The molecule has 0 spiro atoms. The molecule has 0 aromatic heterocycles. The highest BCUT2D eigenvalue weighted by atomic mass is 16.7. The normalized spacial score (nSPS) is 29.7. The van der Waals surface area contributed by atoms with E-state index in [1.54, 1.807) is 7.11 Å². The van der Waals surface area contributed by atoms with Gasteiger partial charge in [0.25, 0.3) is 0 Å². The molecule has 2 fully saturated rings. The van der Waals surface area contributed by atoms with Gasteiger partial charge in [0.2, 0.25) is 0 Å². The molecule has 0 radical (unpaired) electrons. The highest BCUT2D eigenvalue weighted by Crippen LogP contribution is 2.36. The van der Waals surface area contributed by atoms with Crippen molar-refractivity contribution in [2.75, 3.05) is 13.7 Å². The highest BCUT2D eigenvalue weighted by Gasteiger charge is 2.42. The first-order chi connectivity index (χ1) is 13.7. The lowest BCUT2D eigenvalue weighted by molar-refractivity contribution is -0.238. The first kappa shape index (κ1) is 19.2. The van der Waals surface area contributed by atoms with Crippen molar-refractivity contribution in [1.82, 2.24) is 0 Å². The molecule has 0 bridgehead atoms. The molecule has 0 amide bonds. The summed E-state index contributed by atoms with van der Waals surface area (Å²) in [7, 11) is 1.65. The van der Waals surface area contributed by atoms with Gasteiger partial charge in [-0.25, -0.2) is 0 Å². The van der Waals surface area contributed by atoms with Gasteiger partial charge in [0.1, 0.15) is 11.9 Å². The van der Waals surface area contributed by atoms with Crippen molar-refractivity contribution in [3.8, 4) is 5.75 Å². The Hall–Kier alpha value is -2.18. The summed E-state index contributed by atoms with van der Waals surface area (Å²) in [6, 6.07) is 17.9. The van der Waals surface area contributed by atoms with Gasteiger partial charge in [-0.05, 0) is 17.7 Å². The van der Waals surface area contributed by atoms with Crippen molar-refractivity contribution in [1.29, 1.82) is 0 Å². The van der Waals surface area contributed by atoms with Crippen molar-refractivity contribution in [3.05, 3.63) is 71.8 Å². The van der Waals surface area contributed by atoms with Gasteiger partial charge in [0.15, 0.2) is 6.29 Å². The SMILES string of the molecule is COc1ccc([C@@H]2O[C@H](C[C@@H]3O[C@H]3CO)C[C@H](/C=C/c3ccccc3)O2)cc1. The molecule has 2 saturated heterocycles. The minimum Gasteiger partial charge on any atom is -0.497 e. The maximum Gasteiger partial charge on any atom is 0.184 e. The van der Waals surface area contributed by atoms with Crippen LogP contribution in [0.25, 0.3) is 6.08 Å². The van der Waals surface area contributed by atoms with Gasteiger partial charge in [-0.15, -0.1) is 0 Å². The minimum atomic E-state index is -0.443. The van der Waals surface area contributed by atoms with E-state index in [1.807, 2.05) is 42.5 Å². The van der Waals surface area contributed by atoms with E-state index in [4.69, 9.17) is 18.9 Å². The number of methoxy groups -OCH3 is 1. The fourth-order valence-corrected chi connectivity index (χ4v) is 3.52. The molecule has 5 nitrogen and oxygen atoms in total. The molecule has 148 valence electrons. The molecule has 2 aromatic rings. The second kappa shape index (κ2) is 8.88. The quantitative estimate of drug-likeness (QED) is 0.740. The molecule has 5 atom stereocenters. The largest absolute Gasteiger partial charge is 0.497 e. The molecule has 2 heterocycles. The van der Waals surface area contributed by atoms with Crippen molar-refractivity contribution >= 4 is 6.08 Å². The van der Waals surface area contributed by atoms with Gasteiger partial charge in [-0.3, -0.25) is 0 Å². The van der Waals surface area contributed by atoms with Crippen LogP contribution in [0.3, 0.4) is 0 Å². The van der Waals surface area contributed by atoms with Gasteiger partial charge < -0.3 is 24.1 Å². The van der Waals surface area contributed by atoms with Crippen molar-refractivity contribution in [3.63, 3.8) is 0 Å². The van der Waals surface area contributed by atoms with Gasteiger partial charge in [0, 0.05) is 18.4 Å². The van der Waals surface area contributed by atoms with E-state index in [2.05, 4.69) is 24.3 Å². The summed E-state index contributed by atoms with van der Waals surface area (Å²) in [5.74, 6) is 0.800. The molecular formula is C23H26O5. The number of epoxide rings is 1. The molecule has 1 N–H and O–H groups in total. The number of benzene rings is 2. The Labute approximate surface area is 165 Å². The maximum atomic E-state index is 9.23. The van der Waals surface area contributed by atoms with Gasteiger partial charge in [-0.2, -0.15) is 0 Å². The highest BCUT2D eigenvalue weighted by molar-refractivity contribution is 5.49. The van der Waals surface area contributed by atoms with Gasteiger partial charge in [-0.1, -0.05) is 54.6 Å². The number of aliphatic hydroxyl groups is 1. The van der Waals surface area contributed by atoms with Crippen LogP contribution in [-0.2, 0) is 14.2 Å². The van der Waals surface area contributed by atoms with Crippen LogP contribution in [0.15, 0.2) is 60.7 Å².